The van der Waals surface area contributed by atoms with Crippen molar-refractivity contribution in [1.29, 1.82) is 0 Å². The topological polar surface area (TPSA) is 64.6 Å². The number of fused-ring (bicyclic) bond motifs is 1. The van der Waals surface area contributed by atoms with Gasteiger partial charge in [-0.2, -0.15) is 0 Å². The maximum atomic E-state index is 6.32. The van der Waals surface area contributed by atoms with Gasteiger partial charge in [0, 0.05) is 0 Å². The van der Waals surface area contributed by atoms with Gasteiger partial charge < -0.3 is 33.2 Å². The predicted molar refractivity (Wildman–Crippen MR) is 109 cm³/mol. The van der Waals surface area contributed by atoms with Crippen molar-refractivity contribution in [2.75, 3.05) is 13.2 Å². The second-order valence-corrected chi connectivity index (χ2v) is 9.56. The Morgan fingerprint density at radius 3 is 2.33 bits per heavy atom. The minimum Gasteiger partial charge on any atom is -0.493 e. The van der Waals surface area contributed by atoms with Gasteiger partial charge in [0.05, 0.1) is 19.8 Å². The van der Waals surface area contributed by atoms with Crippen LogP contribution in [0.3, 0.4) is 0 Å². The molecule has 0 spiro atoms. The number of hydrogen-bond donors (Lipinski definition) is 0. The van der Waals surface area contributed by atoms with Crippen molar-refractivity contribution in [3.05, 3.63) is 29.8 Å². The zero-order valence-electron chi connectivity index (χ0n) is 18.8. The normalized spacial score (nSPS) is 34.4. The molecule has 1 aromatic carbocycles. The Balaban J connectivity index is 1.41. The van der Waals surface area contributed by atoms with E-state index in [0.717, 1.165) is 11.3 Å². The maximum Gasteiger partial charge on any atom is 0.190 e. The van der Waals surface area contributed by atoms with E-state index < -0.39 is 17.9 Å². The van der Waals surface area contributed by atoms with Crippen molar-refractivity contribution in [3.63, 3.8) is 0 Å². The lowest BCUT2D eigenvalue weighted by molar-refractivity contribution is -0.236. The molecule has 7 heteroatoms. The number of rotatable bonds is 7. The van der Waals surface area contributed by atoms with E-state index in [1.165, 1.54) is 0 Å². The Morgan fingerprint density at radius 2 is 1.70 bits per heavy atom. The molecule has 0 amide bonds. The number of ether oxygens (including phenoxy) is 7. The summed E-state index contributed by atoms with van der Waals surface area (Å²) in [5.74, 6) is 0.0136. The zero-order chi connectivity index (χ0) is 21.5. The molecule has 3 saturated heterocycles. The first-order chi connectivity index (χ1) is 14.1. The summed E-state index contributed by atoms with van der Waals surface area (Å²) < 4.78 is 42.1. The van der Waals surface area contributed by atoms with Gasteiger partial charge in [-0.1, -0.05) is 26.0 Å². The van der Waals surface area contributed by atoms with Gasteiger partial charge in [-0.3, -0.25) is 0 Å². The number of hydrogen-bond acceptors (Lipinski definition) is 7. The van der Waals surface area contributed by atoms with Crippen molar-refractivity contribution in [2.45, 2.75) is 90.4 Å². The first-order valence-corrected chi connectivity index (χ1v) is 10.8. The van der Waals surface area contributed by atoms with Crippen LogP contribution in [0.5, 0.6) is 5.75 Å². The minimum atomic E-state index is -0.705. The van der Waals surface area contributed by atoms with Gasteiger partial charge in [-0.25, -0.2) is 0 Å². The quantitative estimate of drug-likeness (QED) is 0.665. The SMILES string of the molecule is CC(C)COc1ccc(CO[C@H]2[C@@H]3OC(C)(C)O[C@H]3O[C@H]2[C@@H]2COC(C)(C)O2)cc1. The van der Waals surface area contributed by atoms with Crippen LogP contribution in [-0.4, -0.2) is 55.5 Å². The third kappa shape index (κ3) is 4.98. The molecule has 0 saturated carbocycles. The van der Waals surface area contributed by atoms with Crippen molar-refractivity contribution >= 4 is 0 Å². The summed E-state index contributed by atoms with van der Waals surface area (Å²) in [6.45, 7) is 13.4. The monoisotopic (exact) mass is 422 g/mol. The molecule has 0 aliphatic carbocycles. The highest BCUT2D eigenvalue weighted by Gasteiger charge is 2.58. The third-order valence-electron chi connectivity index (χ3n) is 5.37. The van der Waals surface area contributed by atoms with Gasteiger partial charge in [0.15, 0.2) is 17.9 Å². The van der Waals surface area contributed by atoms with Gasteiger partial charge in [-0.05, 0) is 51.3 Å². The van der Waals surface area contributed by atoms with Crippen LogP contribution in [0.2, 0.25) is 0 Å². The Labute approximate surface area is 178 Å². The maximum absolute atomic E-state index is 6.32. The Morgan fingerprint density at radius 1 is 0.967 bits per heavy atom. The summed E-state index contributed by atoms with van der Waals surface area (Å²) in [6.07, 6.45) is -1.68. The van der Waals surface area contributed by atoms with E-state index in [9.17, 15) is 0 Å². The van der Waals surface area contributed by atoms with Gasteiger partial charge in [0.25, 0.3) is 0 Å². The van der Waals surface area contributed by atoms with E-state index in [1.54, 1.807) is 0 Å². The molecule has 0 aromatic heterocycles. The number of benzene rings is 1. The molecule has 0 unspecified atom stereocenters. The molecule has 0 bridgehead atoms. The molecule has 3 fully saturated rings. The Hall–Kier alpha value is -1.22. The highest BCUT2D eigenvalue weighted by atomic mass is 16.8. The van der Waals surface area contributed by atoms with Gasteiger partial charge >= 0.3 is 0 Å². The third-order valence-corrected chi connectivity index (χ3v) is 5.37. The lowest BCUT2D eigenvalue weighted by atomic mass is 10.1. The van der Waals surface area contributed by atoms with Crippen LogP contribution in [0.1, 0.15) is 47.1 Å². The van der Waals surface area contributed by atoms with Gasteiger partial charge in [-0.15, -0.1) is 0 Å². The molecule has 3 aliphatic heterocycles. The molecule has 0 N–H and O–H groups in total. The molecule has 168 valence electrons. The average Bonchev–Trinajstić information content (AvgIpc) is 3.28. The fourth-order valence-corrected chi connectivity index (χ4v) is 4.01. The van der Waals surface area contributed by atoms with E-state index in [0.29, 0.717) is 25.7 Å². The van der Waals surface area contributed by atoms with Crippen LogP contribution < -0.4 is 4.74 Å². The molecular formula is C23H34O7. The van der Waals surface area contributed by atoms with Crippen LogP contribution in [0.15, 0.2) is 24.3 Å². The average molecular weight is 423 g/mol. The Kier molecular flexibility index (Phi) is 6.14. The molecule has 0 radical (unpaired) electrons. The second kappa shape index (κ2) is 8.37. The molecule has 5 atom stereocenters. The zero-order valence-corrected chi connectivity index (χ0v) is 18.8. The minimum absolute atomic E-state index is 0.238. The van der Waals surface area contributed by atoms with Crippen molar-refractivity contribution in [3.8, 4) is 5.75 Å². The summed E-state index contributed by atoms with van der Waals surface area (Å²) >= 11 is 0. The summed E-state index contributed by atoms with van der Waals surface area (Å²) in [7, 11) is 0. The molecule has 4 rings (SSSR count). The van der Waals surface area contributed by atoms with Crippen molar-refractivity contribution in [2.24, 2.45) is 5.92 Å². The highest BCUT2D eigenvalue weighted by Crippen LogP contribution is 2.42. The van der Waals surface area contributed by atoms with E-state index >= 15 is 0 Å². The molecule has 7 nitrogen and oxygen atoms in total. The largest absolute Gasteiger partial charge is 0.493 e. The van der Waals surface area contributed by atoms with Crippen molar-refractivity contribution < 1.29 is 33.2 Å². The summed E-state index contributed by atoms with van der Waals surface area (Å²) in [6, 6.07) is 7.99. The summed E-state index contributed by atoms with van der Waals surface area (Å²) in [4.78, 5) is 0. The van der Waals surface area contributed by atoms with Crippen LogP contribution >= 0.6 is 0 Å². The predicted octanol–water partition coefficient (Wildman–Crippen LogP) is 3.63. The van der Waals surface area contributed by atoms with Crippen LogP contribution in [-0.2, 0) is 35.0 Å². The van der Waals surface area contributed by atoms with Gasteiger partial charge in [0.2, 0.25) is 0 Å². The van der Waals surface area contributed by atoms with Gasteiger partial charge in [0.1, 0.15) is 30.2 Å². The van der Waals surface area contributed by atoms with E-state index in [1.807, 2.05) is 52.0 Å². The smallest absolute Gasteiger partial charge is 0.190 e. The van der Waals surface area contributed by atoms with E-state index in [2.05, 4.69) is 13.8 Å². The first-order valence-electron chi connectivity index (χ1n) is 10.8. The summed E-state index contributed by atoms with van der Waals surface area (Å²) in [5, 5.41) is 0. The van der Waals surface area contributed by atoms with E-state index in [4.69, 9.17) is 33.2 Å². The first kappa shape index (κ1) is 22.0. The fraction of sp³-hybridized carbons (Fsp3) is 0.739. The molecule has 3 heterocycles. The van der Waals surface area contributed by atoms with Crippen LogP contribution in [0, 0.1) is 5.92 Å². The second-order valence-electron chi connectivity index (χ2n) is 9.56. The van der Waals surface area contributed by atoms with Crippen molar-refractivity contribution in [1.82, 2.24) is 0 Å². The molecular weight excluding hydrogens is 388 g/mol. The summed E-state index contributed by atoms with van der Waals surface area (Å²) in [5.41, 5.74) is 1.05. The molecule has 30 heavy (non-hydrogen) atoms. The lowest BCUT2D eigenvalue weighted by Gasteiger charge is -2.29. The fourth-order valence-electron chi connectivity index (χ4n) is 4.01. The molecule has 3 aliphatic rings. The van der Waals surface area contributed by atoms with Crippen LogP contribution in [0.25, 0.3) is 0 Å². The Bertz CT molecular complexity index is 715. The lowest BCUT2D eigenvalue weighted by Crippen LogP contribution is -2.44. The standard InChI is InChI=1S/C23H34O7/c1-14(2)11-24-16-9-7-15(8-10-16)12-25-19-18(17-13-26-22(3,4)28-17)27-21-20(19)29-23(5,6)30-21/h7-10,14,17-21H,11-13H2,1-6H3/t17-,18-,19+,20-,21+/m0/s1. The van der Waals surface area contributed by atoms with E-state index in [-0.39, 0.29) is 24.4 Å². The molecule has 1 aromatic rings. The highest BCUT2D eigenvalue weighted by molar-refractivity contribution is 5.27. The van der Waals surface area contributed by atoms with Crippen LogP contribution in [0.4, 0.5) is 0 Å².